The highest BCUT2D eigenvalue weighted by Gasteiger charge is 2.32. The van der Waals surface area contributed by atoms with Crippen LogP contribution in [0.3, 0.4) is 0 Å². The number of non-ortho nitro benzene ring substituents is 1. The van der Waals surface area contributed by atoms with E-state index in [1.807, 2.05) is 31.2 Å². The normalized spacial score (nSPS) is 12.2. The molecule has 9 heteroatoms. The lowest BCUT2D eigenvalue weighted by Gasteiger charge is -2.30. The molecule has 0 heterocycles. The average molecular weight is 405 g/mol. The molecule has 0 fully saturated rings. The van der Waals surface area contributed by atoms with Crippen molar-refractivity contribution in [2.24, 2.45) is 0 Å². The van der Waals surface area contributed by atoms with E-state index in [0.717, 1.165) is 27.8 Å². The Hall–Kier alpha value is -2.94. The Labute approximate surface area is 164 Å². The summed E-state index contributed by atoms with van der Waals surface area (Å²) in [5.41, 5.74) is 1.77. The molecule has 0 unspecified atom stereocenters. The van der Waals surface area contributed by atoms with Crippen molar-refractivity contribution < 1.29 is 18.1 Å². The number of nitro groups is 1. The molecule has 0 saturated heterocycles. The standard InChI is InChI=1S/C19H23N3O5S/c1-4-18(19(23)20-13-15-8-5-7-14(2)11-15)21(28(3,26)27)16-9-6-10-17(12-16)22(24)25/h5-12,18H,4,13H2,1-3H3,(H,20,23)/t18-/m0/s1. The zero-order valence-electron chi connectivity index (χ0n) is 16.0. The van der Waals surface area contributed by atoms with Crippen molar-refractivity contribution in [1.29, 1.82) is 0 Å². The highest BCUT2D eigenvalue weighted by Crippen LogP contribution is 2.26. The molecule has 2 aromatic rings. The van der Waals surface area contributed by atoms with Crippen LogP contribution in [0, 0.1) is 17.0 Å². The van der Waals surface area contributed by atoms with Gasteiger partial charge in [-0.05, 0) is 25.0 Å². The Morgan fingerprint density at radius 3 is 2.46 bits per heavy atom. The van der Waals surface area contributed by atoms with Gasteiger partial charge in [0.1, 0.15) is 6.04 Å². The van der Waals surface area contributed by atoms with Crippen molar-refractivity contribution >= 4 is 27.3 Å². The maximum absolute atomic E-state index is 12.8. The first-order chi connectivity index (χ1) is 13.1. The number of nitrogens with zero attached hydrogens (tertiary/aromatic N) is 2. The molecule has 0 aliphatic heterocycles. The van der Waals surface area contributed by atoms with E-state index in [1.54, 1.807) is 6.92 Å². The molecule has 0 aliphatic rings. The number of amides is 1. The van der Waals surface area contributed by atoms with Crippen LogP contribution in [-0.2, 0) is 21.4 Å². The summed E-state index contributed by atoms with van der Waals surface area (Å²) in [5, 5.41) is 13.8. The van der Waals surface area contributed by atoms with E-state index in [-0.39, 0.29) is 24.3 Å². The molecule has 2 aromatic carbocycles. The van der Waals surface area contributed by atoms with Gasteiger partial charge >= 0.3 is 0 Å². The largest absolute Gasteiger partial charge is 0.350 e. The van der Waals surface area contributed by atoms with Gasteiger partial charge in [0.2, 0.25) is 15.9 Å². The first-order valence-electron chi connectivity index (χ1n) is 8.70. The number of hydrogen-bond donors (Lipinski definition) is 1. The van der Waals surface area contributed by atoms with Gasteiger partial charge in [-0.15, -0.1) is 0 Å². The van der Waals surface area contributed by atoms with Gasteiger partial charge in [0.15, 0.2) is 0 Å². The Kier molecular flexibility index (Phi) is 6.74. The minimum atomic E-state index is -3.86. The summed E-state index contributed by atoms with van der Waals surface area (Å²) in [6.07, 6.45) is 1.18. The smallest absolute Gasteiger partial charge is 0.271 e. The zero-order valence-corrected chi connectivity index (χ0v) is 16.8. The number of hydrogen-bond acceptors (Lipinski definition) is 5. The molecule has 28 heavy (non-hydrogen) atoms. The van der Waals surface area contributed by atoms with Crippen LogP contribution in [0.4, 0.5) is 11.4 Å². The lowest BCUT2D eigenvalue weighted by molar-refractivity contribution is -0.384. The van der Waals surface area contributed by atoms with Crippen LogP contribution in [0.15, 0.2) is 48.5 Å². The minimum Gasteiger partial charge on any atom is -0.350 e. The van der Waals surface area contributed by atoms with Gasteiger partial charge in [0.05, 0.1) is 16.9 Å². The topological polar surface area (TPSA) is 110 Å². The van der Waals surface area contributed by atoms with E-state index in [9.17, 15) is 23.3 Å². The number of carbonyl (C=O) groups excluding carboxylic acids is 1. The van der Waals surface area contributed by atoms with Crippen molar-refractivity contribution in [3.63, 3.8) is 0 Å². The molecular weight excluding hydrogens is 382 g/mol. The molecule has 0 spiro atoms. The minimum absolute atomic E-state index is 0.0780. The summed E-state index contributed by atoms with van der Waals surface area (Å²) in [4.78, 5) is 23.2. The third-order valence-corrected chi connectivity index (χ3v) is 5.35. The molecule has 0 aliphatic carbocycles. The van der Waals surface area contributed by atoms with E-state index in [0.29, 0.717) is 0 Å². The van der Waals surface area contributed by atoms with Crippen LogP contribution in [-0.4, -0.2) is 31.5 Å². The number of anilines is 1. The quantitative estimate of drug-likeness (QED) is 0.536. The number of carbonyl (C=O) groups is 1. The number of rotatable bonds is 8. The van der Waals surface area contributed by atoms with Crippen molar-refractivity contribution in [2.45, 2.75) is 32.9 Å². The zero-order chi connectivity index (χ0) is 20.9. The van der Waals surface area contributed by atoms with Crippen molar-refractivity contribution in [1.82, 2.24) is 5.32 Å². The summed E-state index contributed by atoms with van der Waals surface area (Å²) in [5.74, 6) is -0.471. The second kappa shape index (κ2) is 8.83. The Morgan fingerprint density at radius 2 is 1.89 bits per heavy atom. The predicted octanol–water partition coefficient (Wildman–Crippen LogP) is 2.76. The third kappa shape index (κ3) is 5.29. The van der Waals surface area contributed by atoms with Crippen molar-refractivity contribution in [2.75, 3.05) is 10.6 Å². The maximum Gasteiger partial charge on any atom is 0.271 e. The molecule has 1 N–H and O–H groups in total. The Bertz CT molecular complexity index is 975. The van der Waals surface area contributed by atoms with E-state index >= 15 is 0 Å². The summed E-state index contributed by atoms with van der Waals surface area (Å²) in [6.45, 7) is 3.88. The average Bonchev–Trinajstić information content (AvgIpc) is 2.63. The molecule has 0 bridgehead atoms. The van der Waals surface area contributed by atoms with Crippen molar-refractivity contribution in [3.05, 3.63) is 69.8 Å². The first-order valence-corrected chi connectivity index (χ1v) is 10.6. The fourth-order valence-electron chi connectivity index (χ4n) is 2.93. The lowest BCUT2D eigenvalue weighted by atomic mass is 10.1. The Balaban J connectivity index is 2.31. The fourth-order valence-corrected chi connectivity index (χ4v) is 4.14. The number of nitro benzene ring substituents is 1. The van der Waals surface area contributed by atoms with Crippen LogP contribution in [0.2, 0.25) is 0 Å². The summed E-state index contributed by atoms with van der Waals surface area (Å²) in [7, 11) is -3.86. The van der Waals surface area contributed by atoms with Gasteiger partial charge in [0.25, 0.3) is 5.69 Å². The number of aryl methyl sites for hydroxylation is 1. The summed E-state index contributed by atoms with van der Waals surface area (Å²) < 4.78 is 25.8. The first kappa shape index (κ1) is 21.4. The SMILES string of the molecule is CC[C@@H](C(=O)NCc1cccc(C)c1)N(c1cccc([N+](=O)[O-])c1)S(C)(=O)=O. The highest BCUT2D eigenvalue weighted by atomic mass is 32.2. The molecule has 0 aromatic heterocycles. The molecule has 2 rings (SSSR count). The second-order valence-corrected chi connectivity index (χ2v) is 8.33. The van der Waals surface area contributed by atoms with E-state index in [4.69, 9.17) is 0 Å². The predicted molar refractivity (Wildman–Crippen MR) is 108 cm³/mol. The lowest BCUT2D eigenvalue weighted by Crippen LogP contribution is -2.49. The van der Waals surface area contributed by atoms with Crippen LogP contribution in [0.5, 0.6) is 0 Å². The molecule has 0 radical (unpaired) electrons. The molecular formula is C19H23N3O5S. The monoisotopic (exact) mass is 405 g/mol. The van der Waals surface area contributed by atoms with Crippen LogP contribution < -0.4 is 9.62 Å². The molecule has 1 atom stereocenters. The van der Waals surface area contributed by atoms with Gasteiger partial charge in [-0.3, -0.25) is 19.2 Å². The fraction of sp³-hybridized carbons (Fsp3) is 0.316. The molecule has 8 nitrogen and oxygen atoms in total. The second-order valence-electron chi connectivity index (χ2n) is 6.47. The van der Waals surface area contributed by atoms with Crippen LogP contribution >= 0.6 is 0 Å². The summed E-state index contributed by atoms with van der Waals surface area (Å²) in [6, 6.07) is 11.8. The number of sulfonamides is 1. The molecule has 150 valence electrons. The van der Waals surface area contributed by atoms with Crippen LogP contribution in [0.1, 0.15) is 24.5 Å². The highest BCUT2D eigenvalue weighted by molar-refractivity contribution is 7.92. The van der Waals surface area contributed by atoms with Gasteiger partial charge in [0, 0.05) is 18.7 Å². The maximum atomic E-state index is 12.8. The van der Waals surface area contributed by atoms with Gasteiger partial charge < -0.3 is 5.32 Å². The van der Waals surface area contributed by atoms with Gasteiger partial charge in [-0.1, -0.05) is 42.8 Å². The third-order valence-electron chi connectivity index (χ3n) is 4.17. The Morgan fingerprint density at radius 1 is 1.21 bits per heavy atom. The number of nitrogens with one attached hydrogen (secondary N) is 1. The number of benzene rings is 2. The van der Waals surface area contributed by atoms with E-state index < -0.39 is 26.9 Å². The van der Waals surface area contributed by atoms with Crippen molar-refractivity contribution in [3.8, 4) is 0 Å². The van der Waals surface area contributed by atoms with Gasteiger partial charge in [-0.2, -0.15) is 0 Å². The summed E-state index contributed by atoms with van der Waals surface area (Å²) >= 11 is 0. The van der Waals surface area contributed by atoms with E-state index in [2.05, 4.69) is 5.32 Å². The van der Waals surface area contributed by atoms with E-state index in [1.165, 1.54) is 18.2 Å². The van der Waals surface area contributed by atoms with Gasteiger partial charge in [-0.25, -0.2) is 8.42 Å². The molecule has 0 saturated carbocycles. The van der Waals surface area contributed by atoms with Crippen LogP contribution in [0.25, 0.3) is 0 Å². The molecule has 1 amide bonds.